The molecule has 0 aliphatic carbocycles. The molecule has 0 amide bonds. The van der Waals surface area contributed by atoms with Crippen molar-refractivity contribution in [2.45, 2.75) is 6.92 Å². The van der Waals surface area contributed by atoms with E-state index in [1.807, 2.05) is 0 Å². The van der Waals surface area contributed by atoms with Crippen molar-refractivity contribution in [1.82, 2.24) is 15.0 Å². The Labute approximate surface area is 94.0 Å². The molecule has 0 saturated heterocycles. The molecule has 0 bridgehead atoms. The number of rotatable bonds is 1. The first-order chi connectivity index (χ1) is 7.09. The maximum atomic E-state index is 13.3. The Kier molecular flexibility index (Phi) is 2.44. The van der Waals surface area contributed by atoms with Gasteiger partial charge in [0.25, 0.3) is 0 Å². The molecule has 1 aromatic carbocycles. The lowest BCUT2D eigenvalue weighted by Crippen LogP contribution is -2.00. The molecular weight excluding hydrogens is 263 g/mol. The van der Waals surface area contributed by atoms with Crippen molar-refractivity contribution < 1.29 is 4.39 Å². The van der Waals surface area contributed by atoms with Gasteiger partial charge in [-0.05, 0) is 35.0 Å². The van der Waals surface area contributed by atoms with Crippen LogP contribution in [-0.2, 0) is 0 Å². The van der Waals surface area contributed by atoms with E-state index in [0.29, 0.717) is 21.7 Å². The van der Waals surface area contributed by atoms with Gasteiger partial charge in [-0.3, -0.25) is 0 Å². The largest absolute Gasteiger partial charge is 0.381 e. The van der Waals surface area contributed by atoms with Gasteiger partial charge in [0.1, 0.15) is 5.82 Å². The Bertz CT molecular complexity index is 509. The maximum absolute atomic E-state index is 13.3. The fraction of sp³-hybridized carbons (Fsp3) is 0.111. The first-order valence-corrected chi connectivity index (χ1v) is 5.02. The van der Waals surface area contributed by atoms with E-state index in [1.165, 1.54) is 10.7 Å². The maximum Gasteiger partial charge on any atom is 0.169 e. The van der Waals surface area contributed by atoms with Gasteiger partial charge in [-0.15, -0.1) is 5.10 Å². The van der Waals surface area contributed by atoms with E-state index in [9.17, 15) is 4.39 Å². The second-order valence-electron chi connectivity index (χ2n) is 3.07. The monoisotopic (exact) mass is 270 g/mol. The van der Waals surface area contributed by atoms with Crippen LogP contribution in [0.1, 0.15) is 5.69 Å². The molecule has 4 nitrogen and oxygen atoms in total. The Morgan fingerprint density at radius 3 is 2.73 bits per heavy atom. The fourth-order valence-corrected chi connectivity index (χ4v) is 1.45. The fourth-order valence-electron chi connectivity index (χ4n) is 1.20. The van der Waals surface area contributed by atoms with Gasteiger partial charge in [-0.25, -0.2) is 9.07 Å². The van der Waals surface area contributed by atoms with Crippen LogP contribution in [0, 0.1) is 12.7 Å². The van der Waals surface area contributed by atoms with E-state index in [4.69, 9.17) is 5.73 Å². The number of nitrogens with zero attached hydrogens (tertiary/aromatic N) is 3. The van der Waals surface area contributed by atoms with Crippen LogP contribution in [0.4, 0.5) is 10.2 Å². The summed E-state index contributed by atoms with van der Waals surface area (Å²) < 4.78 is 15.2. The van der Waals surface area contributed by atoms with Gasteiger partial charge in [-0.2, -0.15) is 0 Å². The third-order valence-electron chi connectivity index (χ3n) is 2.08. The van der Waals surface area contributed by atoms with Crippen LogP contribution in [0.25, 0.3) is 5.69 Å². The summed E-state index contributed by atoms with van der Waals surface area (Å²) >= 11 is 3.08. The first kappa shape index (κ1) is 10.1. The van der Waals surface area contributed by atoms with Gasteiger partial charge < -0.3 is 5.73 Å². The number of hydrogen-bond donors (Lipinski definition) is 1. The minimum absolute atomic E-state index is 0.346. The highest BCUT2D eigenvalue weighted by Crippen LogP contribution is 2.20. The van der Waals surface area contributed by atoms with E-state index < -0.39 is 0 Å². The number of anilines is 1. The lowest BCUT2D eigenvalue weighted by molar-refractivity contribution is 0.617. The highest BCUT2D eigenvalue weighted by molar-refractivity contribution is 9.10. The molecule has 0 saturated carbocycles. The van der Waals surface area contributed by atoms with Crippen molar-refractivity contribution in [1.29, 1.82) is 0 Å². The molecule has 78 valence electrons. The van der Waals surface area contributed by atoms with Gasteiger partial charge >= 0.3 is 0 Å². The smallest absolute Gasteiger partial charge is 0.169 e. The van der Waals surface area contributed by atoms with Gasteiger partial charge in [0.2, 0.25) is 0 Å². The molecule has 15 heavy (non-hydrogen) atoms. The molecule has 6 heteroatoms. The van der Waals surface area contributed by atoms with Crippen LogP contribution < -0.4 is 5.73 Å². The second kappa shape index (κ2) is 3.62. The van der Waals surface area contributed by atoms with Crippen LogP contribution in [0.5, 0.6) is 0 Å². The van der Waals surface area contributed by atoms with Crippen molar-refractivity contribution in [3.8, 4) is 5.69 Å². The molecule has 2 N–H and O–H groups in total. The second-order valence-corrected chi connectivity index (χ2v) is 3.92. The third kappa shape index (κ3) is 1.72. The van der Waals surface area contributed by atoms with E-state index in [-0.39, 0.29) is 5.82 Å². The zero-order chi connectivity index (χ0) is 11.0. The van der Waals surface area contributed by atoms with Crippen molar-refractivity contribution in [2.75, 3.05) is 5.73 Å². The molecule has 1 heterocycles. The van der Waals surface area contributed by atoms with Crippen molar-refractivity contribution >= 4 is 21.7 Å². The zero-order valence-electron chi connectivity index (χ0n) is 7.91. The van der Waals surface area contributed by atoms with Crippen molar-refractivity contribution in [2.24, 2.45) is 0 Å². The normalized spacial score (nSPS) is 10.6. The van der Waals surface area contributed by atoms with E-state index in [2.05, 4.69) is 26.2 Å². The average Bonchev–Trinajstić information content (AvgIpc) is 2.53. The van der Waals surface area contributed by atoms with Gasteiger partial charge in [-0.1, -0.05) is 5.21 Å². The summed E-state index contributed by atoms with van der Waals surface area (Å²) in [6, 6.07) is 4.71. The molecule has 0 fully saturated rings. The molecule has 2 aromatic rings. The molecule has 0 aliphatic rings. The van der Waals surface area contributed by atoms with Gasteiger partial charge in [0.05, 0.1) is 15.9 Å². The minimum Gasteiger partial charge on any atom is -0.381 e. The number of nitrogens with two attached hydrogens (primary N) is 1. The standard InChI is InChI=1S/C9H8BrFN4/c1-5-9(12)13-14-15(5)6-2-3-7(10)8(11)4-6/h2-4H,12H2,1H3. The Balaban J connectivity index is 2.55. The summed E-state index contributed by atoms with van der Waals surface area (Å²) in [5.74, 6) is -0.000650. The highest BCUT2D eigenvalue weighted by atomic mass is 79.9. The summed E-state index contributed by atoms with van der Waals surface area (Å²) in [7, 11) is 0. The van der Waals surface area contributed by atoms with Crippen LogP contribution in [0.15, 0.2) is 22.7 Å². The predicted molar refractivity (Wildman–Crippen MR) is 58.2 cm³/mol. The van der Waals surface area contributed by atoms with Crippen LogP contribution in [-0.4, -0.2) is 15.0 Å². The van der Waals surface area contributed by atoms with Crippen molar-refractivity contribution in [3.63, 3.8) is 0 Å². The molecule has 0 atom stereocenters. The lowest BCUT2D eigenvalue weighted by Gasteiger charge is -2.03. The Hall–Kier alpha value is -1.43. The average molecular weight is 271 g/mol. The van der Waals surface area contributed by atoms with E-state index in [1.54, 1.807) is 19.1 Å². The molecule has 2 rings (SSSR count). The summed E-state index contributed by atoms with van der Waals surface area (Å²) in [5.41, 5.74) is 6.83. The van der Waals surface area contributed by atoms with E-state index >= 15 is 0 Å². The topological polar surface area (TPSA) is 56.7 Å². The van der Waals surface area contributed by atoms with Crippen molar-refractivity contribution in [3.05, 3.63) is 34.2 Å². The number of aromatic nitrogens is 3. The minimum atomic E-state index is -0.346. The summed E-state index contributed by atoms with van der Waals surface area (Å²) in [6.07, 6.45) is 0. The molecule has 0 aliphatic heterocycles. The van der Waals surface area contributed by atoms with Crippen LogP contribution >= 0.6 is 15.9 Å². The molecule has 1 aromatic heterocycles. The highest BCUT2D eigenvalue weighted by Gasteiger charge is 2.08. The summed E-state index contributed by atoms with van der Waals surface area (Å²) in [4.78, 5) is 0. The third-order valence-corrected chi connectivity index (χ3v) is 2.72. The van der Waals surface area contributed by atoms with E-state index in [0.717, 1.165) is 0 Å². The molecule has 0 radical (unpaired) electrons. The SMILES string of the molecule is Cc1c(N)nnn1-c1ccc(Br)c(F)c1. The number of benzene rings is 1. The number of nitrogen functional groups attached to an aromatic ring is 1. The van der Waals surface area contributed by atoms with Crippen LogP contribution in [0.3, 0.4) is 0 Å². The summed E-state index contributed by atoms with van der Waals surface area (Å²) in [5, 5.41) is 7.52. The molecular formula is C9H8BrFN4. The Morgan fingerprint density at radius 2 is 2.20 bits per heavy atom. The Morgan fingerprint density at radius 1 is 1.47 bits per heavy atom. The zero-order valence-corrected chi connectivity index (χ0v) is 9.49. The molecule has 0 spiro atoms. The van der Waals surface area contributed by atoms with Gasteiger partial charge in [0, 0.05) is 6.07 Å². The lowest BCUT2D eigenvalue weighted by atomic mass is 10.3. The predicted octanol–water partition coefficient (Wildman–Crippen LogP) is 2.06. The molecule has 0 unspecified atom stereocenters. The van der Waals surface area contributed by atoms with Crippen LogP contribution in [0.2, 0.25) is 0 Å². The van der Waals surface area contributed by atoms with Gasteiger partial charge in [0.15, 0.2) is 5.82 Å². The first-order valence-electron chi connectivity index (χ1n) is 4.23. The number of hydrogen-bond acceptors (Lipinski definition) is 3. The summed E-state index contributed by atoms with van der Waals surface area (Å²) in [6.45, 7) is 1.77. The quantitative estimate of drug-likeness (QED) is 0.863. The number of halogens is 2.